The largest absolute Gasteiger partial charge is 0.385 e. The van der Waals surface area contributed by atoms with Gasteiger partial charge >= 0.3 is 0 Å². The molecule has 1 aliphatic rings. The number of hydrogen-bond acceptors (Lipinski definition) is 3. The summed E-state index contributed by atoms with van der Waals surface area (Å²) in [5.74, 6) is 0.795. The quantitative estimate of drug-likeness (QED) is 0.662. The molecule has 17 heavy (non-hydrogen) atoms. The third-order valence-electron chi connectivity index (χ3n) is 3.48. The van der Waals surface area contributed by atoms with Crippen molar-refractivity contribution >= 4 is 5.91 Å². The SMILES string of the molecule is COCCCNC(=O)CNC1CCCCC1C. The first-order valence-corrected chi connectivity index (χ1v) is 6.73. The van der Waals surface area contributed by atoms with Crippen LogP contribution in [0.4, 0.5) is 0 Å². The van der Waals surface area contributed by atoms with Gasteiger partial charge in [0.1, 0.15) is 0 Å². The van der Waals surface area contributed by atoms with Crippen molar-refractivity contribution in [3.8, 4) is 0 Å². The van der Waals surface area contributed by atoms with Crippen molar-refractivity contribution in [2.24, 2.45) is 5.92 Å². The van der Waals surface area contributed by atoms with Gasteiger partial charge in [0.2, 0.25) is 5.91 Å². The number of nitrogens with one attached hydrogen (secondary N) is 2. The lowest BCUT2D eigenvalue weighted by Gasteiger charge is -2.29. The predicted molar refractivity (Wildman–Crippen MR) is 68.9 cm³/mol. The van der Waals surface area contributed by atoms with E-state index < -0.39 is 0 Å². The second kappa shape index (κ2) is 8.48. The monoisotopic (exact) mass is 242 g/mol. The molecule has 2 unspecified atom stereocenters. The van der Waals surface area contributed by atoms with Gasteiger partial charge < -0.3 is 15.4 Å². The van der Waals surface area contributed by atoms with E-state index in [9.17, 15) is 4.79 Å². The number of methoxy groups -OCH3 is 1. The van der Waals surface area contributed by atoms with E-state index in [1.807, 2.05) is 0 Å². The summed E-state index contributed by atoms with van der Waals surface area (Å²) in [6.07, 6.45) is 5.99. The molecule has 0 bridgehead atoms. The predicted octanol–water partition coefficient (Wildman–Crippen LogP) is 1.31. The van der Waals surface area contributed by atoms with E-state index in [4.69, 9.17) is 4.74 Å². The molecule has 0 heterocycles. The topological polar surface area (TPSA) is 50.4 Å². The lowest BCUT2D eigenvalue weighted by molar-refractivity contribution is -0.120. The average Bonchev–Trinajstić information content (AvgIpc) is 2.34. The number of amides is 1. The number of carbonyl (C=O) groups is 1. The van der Waals surface area contributed by atoms with Gasteiger partial charge in [0.05, 0.1) is 6.54 Å². The van der Waals surface area contributed by atoms with Gasteiger partial charge in [-0.1, -0.05) is 19.8 Å². The Labute approximate surface area is 104 Å². The Hall–Kier alpha value is -0.610. The molecule has 1 rings (SSSR count). The first-order chi connectivity index (χ1) is 8.24. The molecule has 4 heteroatoms. The fourth-order valence-corrected chi connectivity index (χ4v) is 2.35. The Balaban J connectivity index is 2.06. The van der Waals surface area contributed by atoms with Crippen LogP contribution in [-0.4, -0.2) is 38.8 Å². The van der Waals surface area contributed by atoms with Crippen LogP contribution in [0.3, 0.4) is 0 Å². The third kappa shape index (κ3) is 6.03. The highest BCUT2D eigenvalue weighted by atomic mass is 16.5. The summed E-state index contributed by atoms with van der Waals surface area (Å²) in [5, 5.41) is 6.26. The highest BCUT2D eigenvalue weighted by molar-refractivity contribution is 5.77. The Morgan fingerprint density at radius 3 is 2.82 bits per heavy atom. The van der Waals surface area contributed by atoms with E-state index in [0.717, 1.165) is 6.42 Å². The number of hydrogen-bond donors (Lipinski definition) is 2. The molecule has 0 radical (unpaired) electrons. The van der Waals surface area contributed by atoms with Crippen LogP contribution in [0.1, 0.15) is 39.0 Å². The maximum absolute atomic E-state index is 11.5. The first kappa shape index (κ1) is 14.5. The fraction of sp³-hybridized carbons (Fsp3) is 0.923. The van der Waals surface area contributed by atoms with Gasteiger partial charge in [-0.15, -0.1) is 0 Å². The zero-order valence-corrected chi connectivity index (χ0v) is 11.1. The highest BCUT2D eigenvalue weighted by Crippen LogP contribution is 2.23. The van der Waals surface area contributed by atoms with E-state index in [-0.39, 0.29) is 5.91 Å². The van der Waals surface area contributed by atoms with Crippen LogP contribution in [0.2, 0.25) is 0 Å². The van der Waals surface area contributed by atoms with Crippen LogP contribution in [0, 0.1) is 5.92 Å². The van der Waals surface area contributed by atoms with E-state index in [1.165, 1.54) is 25.7 Å². The molecule has 100 valence electrons. The summed E-state index contributed by atoms with van der Waals surface area (Å²) >= 11 is 0. The van der Waals surface area contributed by atoms with Crippen LogP contribution in [0.25, 0.3) is 0 Å². The van der Waals surface area contributed by atoms with Gasteiger partial charge in [0.25, 0.3) is 0 Å². The van der Waals surface area contributed by atoms with Gasteiger partial charge in [0.15, 0.2) is 0 Å². The molecular formula is C13H26N2O2. The maximum Gasteiger partial charge on any atom is 0.233 e. The molecule has 0 aromatic carbocycles. The summed E-state index contributed by atoms with van der Waals surface area (Å²) in [4.78, 5) is 11.5. The van der Waals surface area contributed by atoms with E-state index in [0.29, 0.717) is 31.7 Å². The molecule has 1 fully saturated rings. The maximum atomic E-state index is 11.5. The number of carbonyl (C=O) groups excluding carboxylic acids is 1. The molecular weight excluding hydrogens is 216 g/mol. The summed E-state index contributed by atoms with van der Waals surface area (Å²) in [6, 6.07) is 0.522. The molecule has 0 aromatic rings. The Bertz CT molecular complexity index is 221. The van der Waals surface area contributed by atoms with Crippen molar-refractivity contribution in [3.63, 3.8) is 0 Å². The van der Waals surface area contributed by atoms with Crippen molar-refractivity contribution in [2.75, 3.05) is 26.8 Å². The molecule has 0 saturated heterocycles. The van der Waals surface area contributed by atoms with Gasteiger partial charge in [-0.2, -0.15) is 0 Å². The minimum absolute atomic E-state index is 0.0962. The standard InChI is InChI=1S/C13H26N2O2/c1-11-6-3-4-7-12(11)15-10-13(16)14-8-5-9-17-2/h11-12,15H,3-10H2,1-2H3,(H,14,16). The van der Waals surface area contributed by atoms with Gasteiger partial charge in [-0.05, 0) is 25.2 Å². The smallest absolute Gasteiger partial charge is 0.233 e. The van der Waals surface area contributed by atoms with Gasteiger partial charge in [-0.3, -0.25) is 4.79 Å². The molecule has 0 aliphatic heterocycles. The second-order valence-electron chi connectivity index (χ2n) is 4.95. The third-order valence-corrected chi connectivity index (χ3v) is 3.48. The Morgan fingerprint density at radius 1 is 1.35 bits per heavy atom. The Kier molecular flexibility index (Phi) is 7.21. The van der Waals surface area contributed by atoms with Crippen molar-refractivity contribution in [1.29, 1.82) is 0 Å². The molecule has 1 aliphatic carbocycles. The normalized spacial score (nSPS) is 24.6. The van der Waals surface area contributed by atoms with Crippen molar-refractivity contribution in [2.45, 2.75) is 45.1 Å². The summed E-state index contributed by atoms with van der Waals surface area (Å²) in [7, 11) is 1.67. The lowest BCUT2D eigenvalue weighted by Crippen LogP contribution is -2.43. The molecule has 1 saturated carbocycles. The minimum atomic E-state index is 0.0962. The van der Waals surface area contributed by atoms with Crippen LogP contribution in [0.15, 0.2) is 0 Å². The summed E-state index contributed by atoms with van der Waals surface area (Å²) < 4.78 is 4.93. The average molecular weight is 242 g/mol. The zero-order chi connectivity index (χ0) is 12.5. The van der Waals surface area contributed by atoms with Gasteiger partial charge in [0, 0.05) is 26.3 Å². The minimum Gasteiger partial charge on any atom is -0.385 e. The second-order valence-corrected chi connectivity index (χ2v) is 4.95. The summed E-state index contributed by atoms with van der Waals surface area (Å²) in [5.41, 5.74) is 0. The lowest BCUT2D eigenvalue weighted by atomic mass is 9.86. The van der Waals surface area contributed by atoms with Crippen molar-refractivity contribution < 1.29 is 9.53 Å². The molecule has 2 atom stereocenters. The van der Waals surface area contributed by atoms with Crippen LogP contribution >= 0.6 is 0 Å². The van der Waals surface area contributed by atoms with Crippen LogP contribution < -0.4 is 10.6 Å². The molecule has 0 aromatic heterocycles. The van der Waals surface area contributed by atoms with E-state index in [2.05, 4.69) is 17.6 Å². The van der Waals surface area contributed by atoms with Crippen molar-refractivity contribution in [1.82, 2.24) is 10.6 Å². The van der Waals surface area contributed by atoms with E-state index >= 15 is 0 Å². The fourth-order valence-electron chi connectivity index (χ4n) is 2.35. The van der Waals surface area contributed by atoms with E-state index in [1.54, 1.807) is 7.11 Å². The molecule has 0 spiro atoms. The number of rotatable bonds is 7. The van der Waals surface area contributed by atoms with Crippen LogP contribution in [0.5, 0.6) is 0 Å². The Morgan fingerprint density at radius 2 is 2.12 bits per heavy atom. The molecule has 4 nitrogen and oxygen atoms in total. The molecule has 2 N–H and O–H groups in total. The van der Waals surface area contributed by atoms with Gasteiger partial charge in [-0.25, -0.2) is 0 Å². The number of ether oxygens (including phenoxy) is 1. The molecule has 1 amide bonds. The highest BCUT2D eigenvalue weighted by Gasteiger charge is 2.20. The van der Waals surface area contributed by atoms with Crippen molar-refractivity contribution in [3.05, 3.63) is 0 Å². The summed E-state index contributed by atoms with van der Waals surface area (Å²) in [6.45, 7) is 4.12. The zero-order valence-electron chi connectivity index (χ0n) is 11.1. The first-order valence-electron chi connectivity index (χ1n) is 6.73. The van der Waals surface area contributed by atoms with Crippen LogP contribution in [-0.2, 0) is 9.53 Å².